The predicted octanol–water partition coefficient (Wildman–Crippen LogP) is 3.34. The van der Waals surface area contributed by atoms with Gasteiger partial charge in [0.05, 0.1) is 12.3 Å². The molecule has 0 radical (unpaired) electrons. The molecule has 0 saturated carbocycles. The van der Waals surface area contributed by atoms with Gasteiger partial charge in [0.15, 0.2) is 0 Å². The zero-order valence-electron chi connectivity index (χ0n) is 11.9. The Kier molecular flexibility index (Phi) is 3.56. The molecule has 1 aromatic heterocycles. The zero-order valence-corrected chi connectivity index (χ0v) is 12.7. The van der Waals surface area contributed by atoms with E-state index >= 15 is 0 Å². The molecule has 102 valence electrons. The molecular formula is C14H23NO2S. The Morgan fingerprint density at radius 1 is 1.44 bits per heavy atom. The van der Waals surface area contributed by atoms with Gasteiger partial charge in [-0.25, -0.2) is 0 Å². The second kappa shape index (κ2) is 4.58. The van der Waals surface area contributed by atoms with E-state index in [1.54, 1.807) is 6.26 Å². The molecule has 1 N–H and O–H groups in total. The molecule has 2 atom stereocenters. The molecule has 1 unspecified atom stereocenters. The first-order chi connectivity index (χ1) is 8.22. The van der Waals surface area contributed by atoms with Gasteiger partial charge >= 0.3 is 0 Å². The van der Waals surface area contributed by atoms with E-state index in [9.17, 15) is 4.55 Å². The summed E-state index contributed by atoms with van der Waals surface area (Å²) in [4.78, 5) is 0. The molecule has 1 heterocycles. The standard InChI is InChI=1S/C14H23NO2S/c1-13(2,3)18(16)15-12-10-7-9-17-11(10)6-8-14(12,4)5/h7,9,12,15H,6,8H2,1-5H3/t12-,18?/m1/s1. The van der Waals surface area contributed by atoms with Crippen LogP contribution in [0.5, 0.6) is 0 Å². The molecule has 0 bridgehead atoms. The fourth-order valence-electron chi connectivity index (χ4n) is 2.32. The number of hydrogen-bond acceptors (Lipinski definition) is 3. The fourth-order valence-corrected chi connectivity index (χ4v) is 3.33. The molecule has 2 rings (SSSR count). The second-order valence-electron chi connectivity index (χ2n) is 6.72. The Balaban J connectivity index is 2.25. The summed E-state index contributed by atoms with van der Waals surface area (Å²) in [6.07, 6.45) is 3.75. The summed E-state index contributed by atoms with van der Waals surface area (Å²) in [7, 11) is 0. The highest BCUT2D eigenvalue weighted by Gasteiger charge is 2.42. The van der Waals surface area contributed by atoms with Crippen molar-refractivity contribution in [3.05, 3.63) is 23.7 Å². The maximum Gasteiger partial charge on any atom is 0.136 e. The Morgan fingerprint density at radius 3 is 2.72 bits per heavy atom. The summed E-state index contributed by atoms with van der Waals surface area (Å²) in [5.74, 6) is 1.04. The van der Waals surface area contributed by atoms with E-state index in [2.05, 4.69) is 18.6 Å². The molecule has 0 aliphatic heterocycles. The third kappa shape index (κ3) is 2.60. The van der Waals surface area contributed by atoms with E-state index in [4.69, 9.17) is 4.42 Å². The zero-order chi connectivity index (χ0) is 13.6. The average molecular weight is 269 g/mol. The summed E-state index contributed by atoms with van der Waals surface area (Å²) >= 11 is -1.06. The van der Waals surface area contributed by atoms with Crippen LogP contribution < -0.4 is 4.72 Å². The second-order valence-corrected chi connectivity index (χ2v) is 8.72. The number of aryl methyl sites for hydroxylation is 1. The lowest BCUT2D eigenvalue weighted by atomic mass is 9.73. The highest BCUT2D eigenvalue weighted by molar-refractivity contribution is 7.90. The van der Waals surface area contributed by atoms with Crippen molar-refractivity contribution in [3.63, 3.8) is 0 Å². The van der Waals surface area contributed by atoms with Crippen LogP contribution in [0.15, 0.2) is 16.7 Å². The lowest BCUT2D eigenvalue weighted by Gasteiger charge is -2.39. The Bertz CT molecular complexity index is 420. The molecule has 1 aliphatic rings. The van der Waals surface area contributed by atoms with Gasteiger partial charge in [-0.15, -0.1) is 4.72 Å². The molecule has 0 amide bonds. The van der Waals surface area contributed by atoms with Crippen LogP contribution in [0, 0.1) is 5.41 Å². The van der Waals surface area contributed by atoms with Crippen molar-refractivity contribution in [2.45, 2.75) is 58.2 Å². The van der Waals surface area contributed by atoms with Crippen LogP contribution in [-0.4, -0.2) is 9.30 Å². The van der Waals surface area contributed by atoms with Crippen LogP contribution in [-0.2, 0) is 17.8 Å². The third-order valence-electron chi connectivity index (χ3n) is 3.65. The van der Waals surface area contributed by atoms with Gasteiger partial charge in [0.1, 0.15) is 10.5 Å². The molecule has 3 nitrogen and oxygen atoms in total. The van der Waals surface area contributed by atoms with Crippen molar-refractivity contribution >= 4 is 11.4 Å². The summed E-state index contributed by atoms with van der Waals surface area (Å²) in [5, 5.41) is 0. The summed E-state index contributed by atoms with van der Waals surface area (Å²) in [6, 6.07) is 2.10. The van der Waals surface area contributed by atoms with Gasteiger partial charge in [-0.3, -0.25) is 0 Å². The first kappa shape index (κ1) is 14.0. The van der Waals surface area contributed by atoms with Crippen LogP contribution >= 0.6 is 0 Å². The quantitative estimate of drug-likeness (QED) is 0.838. The summed E-state index contributed by atoms with van der Waals surface area (Å²) < 4.78 is 20.9. The summed E-state index contributed by atoms with van der Waals surface area (Å²) in [6.45, 7) is 10.4. The van der Waals surface area contributed by atoms with Crippen molar-refractivity contribution in [2.75, 3.05) is 0 Å². The van der Waals surface area contributed by atoms with Crippen LogP contribution in [0.3, 0.4) is 0 Å². The normalized spacial score (nSPS) is 24.7. The van der Waals surface area contributed by atoms with Crippen molar-refractivity contribution < 1.29 is 8.97 Å². The average Bonchev–Trinajstić information content (AvgIpc) is 2.68. The van der Waals surface area contributed by atoms with Crippen molar-refractivity contribution in [3.8, 4) is 0 Å². The van der Waals surface area contributed by atoms with Gasteiger partial charge < -0.3 is 8.97 Å². The number of furan rings is 1. The number of hydrogen-bond donors (Lipinski definition) is 1. The molecule has 0 spiro atoms. The van der Waals surface area contributed by atoms with E-state index in [0.29, 0.717) is 0 Å². The number of nitrogens with one attached hydrogen (secondary N) is 1. The van der Waals surface area contributed by atoms with Crippen molar-refractivity contribution in [2.24, 2.45) is 5.41 Å². The van der Waals surface area contributed by atoms with E-state index < -0.39 is 11.4 Å². The van der Waals surface area contributed by atoms with Crippen LogP contribution in [0.25, 0.3) is 0 Å². The first-order valence-corrected chi connectivity index (χ1v) is 7.61. The van der Waals surface area contributed by atoms with Crippen molar-refractivity contribution in [1.29, 1.82) is 0 Å². The Labute approximate surface area is 113 Å². The molecule has 1 aliphatic carbocycles. The first-order valence-electron chi connectivity index (χ1n) is 6.46. The highest BCUT2D eigenvalue weighted by atomic mass is 32.2. The molecule has 0 fully saturated rings. The van der Waals surface area contributed by atoms with Gasteiger partial charge in [-0.05, 0) is 38.7 Å². The van der Waals surface area contributed by atoms with Gasteiger partial charge in [-0.1, -0.05) is 13.8 Å². The fraction of sp³-hybridized carbons (Fsp3) is 0.714. The minimum Gasteiger partial charge on any atom is -0.598 e. The maximum absolute atomic E-state index is 12.3. The van der Waals surface area contributed by atoms with Crippen LogP contribution in [0.1, 0.15) is 58.4 Å². The van der Waals surface area contributed by atoms with Gasteiger partial charge in [-0.2, -0.15) is 0 Å². The van der Waals surface area contributed by atoms with Gasteiger partial charge in [0, 0.05) is 23.3 Å². The molecule has 18 heavy (non-hydrogen) atoms. The van der Waals surface area contributed by atoms with E-state index in [1.807, 2.05) is 26.8 Å². The molecule has 4 heteroatoms. The smallest absolute Gasteiger partial charge is 0.136 e. The number of rotatable bonds is 2. The highest BCUT2D eigenvalue weighted by Crippen LogP contribution is 2.44. The SMILES string of the molecule is CC1(C)CCc2occc2[C@H]1N[S+]([O-])C(C)(C)C. The Morgan fingerprint density at radius 2 is 2.11 bits per heavy atom. The van der Waals surface area contributed by atoms with Crippen molar-refractivity contribution in [1.82, 2.24) is 4.72 Å². The lowest BCUT2D eigenvalue weighted by molar-refractivity contribution is 0.220. The Hall–Kier alpha value is -0.450. The summed E-state index contributed by atoms with van der Waals surface area (Å²) in [5.41, 5.74) is 1.27. The molecule has 1 aromatic rings. The molecule has 0 aromatic carbocycles. The predicted molar refractivity (Wildman–Crippen MR) is 74.6 cm³/mol. The van der Waals surface area contributed by atoms with Crippen LogP contribution in [0.2, 0.25) is 0 Å². The van der Waals surface area contributed by atoms with E-state index in [-0.39, 0.29) is 16.2 Å². The monoisotopic (exact) mass is 269 g/mol. The molecular weight excluding hydrogens is 246 g/mol. The molecule has 0 saturated heterocycles. The van der Waals surface area contributed by atoms with Gasteiger partial charge in [0.25, 0.3) is 0 Å². The van der Waals surface area contributed by atoms with E-state index in [0.717, 1.165) is 18.6 Å². The topological polar surface area (TPSA) is 48.2 Å². The maximum atomic E-state index is 12.3. The number of fused-ring (bicyclic) bond motifs is 1. The minimum absolute atomic E-state index is 0.0950. The third-order valence-corrected chi connectivity index (χ3v) is 5.21. The van der Waals surface area contributed by atoms with Gasteiger partial charge in [0.2, 0.25) is 0 Å². The minimum atomic E-state index is -1.06. The van der Waals surface area contributed by atoms with E-state index in [1.165, 1.54) is 5.56 Å². The lowest BCUT2D eigenvalue weighted by Crippen LogP contribution is -2.46. The largest absolute Gasteiger partial charge is 0.598 e. The van der Waals surface area contributed by atoms with Crippen LogP contribution in [0.4, 0.5) is 0 Å².